The van der Waals surface area contributed by atoms with Gasteiger partial charge in [0.2, 0.25) is 5.88 Å². The van der Waals surface area contributed by atoms with Gasteiger partial charge in [0.25, 0.3) is 0 Å². The number of aliphatic hydroxyl groups is 1. The molecule has 0 spiro atoms. The number of hydrogen-bond acceptors (Lipinski definition) is 6. The quantitative estimate of drug-likeness (QED) is 0.658. The Morgan fingerprint density at radius 3 is 2.79 bits per heavy atom. The van der Waals surface area contributed by atoms with E-state index in [-0.39, 0.29) is 6.10 Å². The van der Waals surface area contributed by atoms with E-state index in [1.807, 2.05) is 13.8 Å². The van der Waals surface area contributed by atoms with E-state index < -0.39 is 6.10 Å². The third kappa shape index (κ3) is 5.76. The molecular formula is C13H23N3O3. The molecule has 4 N–H and O–H groups in total. The number of aliphatic hydroxyl groups excluding tert-OH is 1. The van der Waals surface area contributed by atoms with Crippen LogP contribution in [0.25, 0.3) is 0 Å². The molecule has 19 heavy (non-hydrogen) atoms. The zero-order valence-electron chi connectivity index (χ0n) is 11.7. The van der Waals surface area contributed by atoms with E-state index in [1.54, 1.807) is 19.2 Å². The molecule has 1 aromatic rings. The van der Waals surface area contributed by atoms with Gasteiger partial charge in [-0.3, -0.25) is 0 Å². The summed E-state index contributed by atoms with van der Waals surface area (Å²) in [5, 5.41) is 12.6. The zero-order valence-corrected chi connectivity index (χ0v) is 11.7. The molecule has 6 heteroatoms. The molecule has 6 nitrogen and oxygen atoms in total. The predicted molar refractivity (Wildman–Crippen MR) is 75.4 cm³/mol. The first-order valence-electron chi connectivity index (χ1n) is 6.37. The van der Waals surface area contributed by atoms with Gasteiger partial charge in [0, 0.05) is 13.7 Å². The third-order valence-electron chi connectivity index (χ3n) is 2.38. The predicted octanol–water partition coefficient (Wildman–Crippen LogP) is 1.26. The maximum absolute atomic E-state index is 9.51. The highest BCUT2D eigenvalue weighted by atomic mass is 16.5. The van der Waals surface area contributed by atoms with E-state index in [0.717, 1.165) is 0 Å². The number of aromatic nitrogens is 1. The summed E-state index contributed by atoms with van der Waals surface area (Å²) >= 11 is 0. The number of nitrogens with zero attached hydrogens (tertiary/aromatic N) is 1. The van der Waals surface area contributed by atoms with E-state index in [0.29, 0.717) is 37.0 Å². The lowest BCUT2D eigenvalue weighted by atomic mass is 10.2. The fourth-order valence-corrected chi connectivity index (χ4v) is 1.51. The van der Waals surface area contributed by atoms with Gasteiger partial charge < -0.3 is 25.6 Å². The Hall–Kier alpha value is -1.53. The Morgan fingerprint density at radius 2 is 2.16 bits per heavy atom. The Morgan fingerprint density at radius 1 is 1.42 bits per heavy atom. The van der Waals surface area contributed by atoms with Gasteiger partial charge in [-0.2, -0.15) is 4.98 Å². The molecule has 108 valence electrons. The first-order valence-corrected chi connectivity index (χ1v) is 6.37. The van der Waals surface area contributed by atoms with Crippen LogP contribution in [0.2, 0.25) is 0 Å². The summed E-state index contributed by atoms with van der Waals surface area (Å²) in [5.74, 6) is 1.10. The monoisotopic (exact) mass is 269 g/mol. The van der Waals surface area contributed by atoms with Crippen molar-refractivity contribution in [2.45, 2.75) is 32.5 Å². The summed E-state index contributed by atoms with van der Waals surface area (Å²) in [6.45, 7) is 4.77. The molecule has 1 aromatic heterocycles. The Labute approximate surface area is 113 Å². The zero-order chi connectivity index (χ0) is 14.3. The molecule has 1 rings (SSSR count). The molecule has 0 aliphatic carbocycles. The second-order valence-corrected chi connectivity index (χ2v) is 4.58. The van der Waals surface area contributed by atoms with E-state index in [4.69, 9.17) is 15.2 Å². The van der Waals surface area contributed by atoms with Crippen LogP contribution in [0, 0.1) is 0 Å². The van der Waals surface area contributed by atoms with Crippen molar-refractivity contribution in [1.29, 1.82) is 0 Å². The van der Waals surface area contributed by atoms with Crippen LogP contribution in [0.5, 0.6) is 5.88 Å². The average molecular weight is 269 g/mol. The summed E-state index contributed by atoms with van der Waals surface area (Å²) in [7, 11) is 1.56. The van der Waals surface area contributed by atoms with Crippen LogP contribution in [-0.4, -0.2) is 42.6 Å². The highest BCUT2D eigenvalue weighted by Crippen LogP contribution is 2.21. The van der Waals surface area contributed by atoms with Crippen molar-refractivity contribution in [1.82, 2.24) is 4.98 Å². The minimum absolute atomic E-state index is 0.0218. The summed E-state index contributed by atoms with van der Waals surface area (Å²) in [6.07, 6.45) is 0.131. The molecule has 0 aromatic carbocycles. The van der Waals surface area contributed by atoms with Gasteiger partial charge in [0.1, 0.15) is 5.82 Å². The molecule has 0 saturated heterocycles. The summed E-state index contributed by atoms with van der Waals surface area (Å²) in [5.41, 5.74) is 6.30. The minimum Gasteiger partial charge on any atom is -0.473 e. The maximum Gasteiger partial charge on any atom is 0.239 e. The first-order chi connectivity index (χ1) is 9.02. The Kier molecular flexibility index (Phi) is 6.38. The standard InChI is InChI=1S/C13H23N3O3/c1-9(2)19-13-11(14)4-5-12(16-13)15-7-6-10(17)8-18-3/h4-5,9-10,17H,6-8,14H2,1-3H3,(H,15,16). The molecule has 0 bridgehead atoms. The summed E-state index contributed by atoms with van der Waals surface area (Å²) in [4.78, 5) is 4.28. The maximum atomic E-state index is 9.51. The topological polar surface area (TPSA) is 89.6 Å². The number of hydrogen-bond donors (Lipinski definition) is 3. The molecule has 0 fully saturated rings. The van der Waals surface area contributed by atoms with Gasteiger partial charge >= 0.3 is 0 Å². The van der Waals surface area contributed by atoms with Crippen LogP contribution in [0.15, 0.2) is 12.1 Å². The van der Waals surface area contributed by atoms with Crippen molar-refractivity contribution in [3.63, 3.8) is 0 Å². The number of nitrogens with two attached hydrogens (primary N) is 1. The van der Waals surface area contributed by atoms with Crippen LogP contribution < -0.4 is 15.8 Å². The lowest BCUT2D eigenvalue weighted by Gasteiger charge is -2.14. The second-order valence-electron chi connectivity index (χ2n) is 4.58. The number of methoxy groups -OCH3 is 1. The van der Waals surface area contributed by atoms with Crippen molar-refractivity contribution in [2.75, 3.05) is 31.3 Å². The molecule has 0 amide bonds. The van der Waals surface area contributed by atoms with Crippen LogP contribution in [0.4, 0.5) is 11.5 Å². The first kappa shape index (κ1) is 15.5. The number of ether oxygens (including phenoxy) is 2. The SMILES string of the molecule is COCC(O)CCNc1ccc(N)c(OC(C)C)n1. The lowest BCUT2D eigenvalue weighted by molar-refractivity contribution is 0.0615. The molecule has 1 unspecified atom stereocenters. The lowest BCUT2D eigenvalue weighted by Crippen LogP contribution is -2.18. The van der Waals surface area contributed by atoms with Gasteiger partial charge in [-0.15, -0.1) is 0 Å². The van der Waals surface area contributed by atoms with Gasteiger partial charge in [0.15, 0.2) is 0 Å². The minimum atomic E-state index is -0.474. The highest BCUT2D eigenvalue weighted by molar-refractivity contribution is 5.53. The molecule has 0 radical (unpaired) electrons. The van der Waals surface area contributed by atoms with E-state index in [9.17, 15) is 5.11 Å². The summed E-state index contributed by atoms with van der Waals surface area (Å²) in [6, 6.07) is 3.53. The normalized spacial score (nSPS) is 12.5. The molecule has 1 atom stereocenters. The molecule has 1 heterocycles. The number of rotatable bonds is 8. The Bertz CT molecular complexity index is 385. The smallest absolute Gasteiger partial charge is 0.239 e. The van der Waals surface area contributed by atoms with Crippen molar-refractivity contribution >= 4 is 11.5 Å². The second kappa shape index (κ2) is 7.81. The van der Waals surface area contributed by atoms with Crippen LogP contribution in [0.1, 0.15) is 20.3 Å². The molecule has 0 aliphatic heterocycles. The van der Waals surface area contributed by atoms with Gasteiger partial charge in [0.05, 0.1) is 24.5 Å². The van der Waals surface area contributed by atoms with Gasteiger partial charge in [-0.05, 0) is 32.4 Å². The largest absolute Gasteiger partial charge is 0.473 e. The van der Waals surface area contributed by atoms with Gasteiger partial charge in [-0.1, -0.05) is 0 Å². The molecule has 0 saturated carbocycles. The van der Waals surface area contributed by atoms with Crippen molar-refractivity contribution in [2.24, 2.45) is 0 Å². The van der Waals surface area contributed by atoms with E-state index >= 15 is 0 Å². The van der Waals surface area contributed by atoms with E-state index in [1.165, 1.54) is 0 Å². The molecular weight excluding hydrogens is 246 g/mol. The van der Waals surface area contributed by atoms with Crippen molar-refractivity contribution < 1.29 is 14.6 Å². The van der Waals surface area contributed by atoms with Crippen molar-refractivity contribution in [3.05, 3.63) is 12.1 Å². The number of nitrogen functional groups attached to an aromatic ring is 1. The average Bonchev–Trinajstić information content (AvgIpc) is 2.33. The molecule has 0 aliphatic rings. The number of nitrogens with one attached hydrogen (secondary N) is 1. The van der Waals surface area contributed by atoms with Crippen LogP contribution >= 0.6 is 0 Å². The summed E-state index contributed by atoms with van der Waals surface area (Å²) < 4.78 is 10.4. The highest BCUT2D eigenvalue weighted by Gasteiger charge is 2.07. The van der Waals surface area contributed by atoms with Crippen LogP contribution in [-0.2, 0) is 4.74 Å². The fourth-order valence-electron chi connectivity index (χ4n) is 1.51. The van der Waals surface area contributed by atoms with Crippen LogP contribution in [0.3, 0.4) is 0 Å². The van der Waals surface area contributed by atoms with E-state index in [2.05, 4.69) is 10.3 Å². The number of pyridine rings is 1. The van der Waals surface area contributed by atoms with Crippen molar-refractivity contribution in [3.8, 4) is 5.88 Å². The third-order valence-corrected chi connectivity index (χ3v) is 2.38. The van der Waals surface area contributed by atoms with Gasteiger partial charge in [-0.25, -0.2) is 0 Å². The number of anilines is 2. The Balaban J connectivity index is 2.50. The fraction of sp³-hybridized carbons (Fsp3) is 0.615.